The van der Waals surface area contributed by atoms with Gasteiger partial charge in [0.15, 0.2) is 0 Å². The van der Waals surface area contributed by atoms with Crippen molar-refractivity contribution in [2.24, 2.45) is 11.3 Å². The number of hydrogen-bond donors (Lipinski definition) is 1. The molecule has 0 saturated carbocycles. The van der Waals surface area contributed by atoms with E-state index in [4.69, 9.17) is 5.11 Å². The molecule has 0 aromatic heterocycles. The Morgan fingerprint density at radius 3 is 2.47 bits per heavy atom. The fraction of sp³-hybridized carbons (Fsp3) is 0.846. The minimum absolute atomic E-state index is 0.0175. The average Bonchev–Trinajstić information content (AvgIpc) is 2.62. The molecule has 0 aromatic rings. The van der Waals surface area contributed by atoms with E-state index >= 15 is 0 Å². The van der Waals surface area contributed by atoms with Gasteiger partial charge in [-0.05, 0) is 25.2 Å². The molecular weight excluding hydrogens is 218 g/mol. The summed E-state index contributed by atoms with van der Waals surface area (Å²) >= 11 is 0. The lowest BCUT2D eigenvalue weighted by Gasteiger charge is -2.32. The first-order valence-corrected chi connectivity index (χ1v) is 6.29. The average molecular weight is 241 g/mol. The van der Waals surface area contributed by atoms with Gasteiger partial charge < -0.3 is 10.0 Å². The van der Waals surface area contributed by atoms with E-state index in [1.54, 1.807) is 4.90 Å². The second-order valence-electron chi connectivity index (χ2n) is 5.98. The maximum atomic E-state index is 12.4. The summed E-state index contributed by atoms with van der Waals surface area (Å²) in [5.41, 5.74) is -0.466. The van der Waals surface area contributed by atoms with E-state index in [1.165, 1.54) is 0 Å². The molecular formula is C13H23NO3. The van der Waals surface area contributed by atoms with E-state index in [2.05, 4.69) is 13.8 Å². The number of nitrogens with zero attached hydrogens (tertiary/aromatic N) is 1. The molecule has 17 heavy (non-hydrogen) atoms. The van der Waals surface area contributed by atoms with Gasteiger partial charge in [-0.3, -0.25) is 4.79 Å². The molecule has 1 amide bonds. The molecule has 0 aliphatic carbocycles. The molecule has 1 fully saturated rings. The van der Waals surface area contributed by atoms with Gasteiger partial charge in [-0.1, -0.05) is 27.7 Å². The van der Waals surface area contributed by atoms with Gasteiger partial charge in [0, 0.05) is 12.0 Å². The Kier molecular flexibility index (Phi) is 4.17. The van der Waals surface area contributed by atoms with Gasteiger partial charge in [-0.25, -0.2) is 4.79 Å². The number of carboxylic acid groups (broad SMARTS) is 1. The number of aliphatic carboxylic acids is 1. The van der Waals surface area contributed by atoms with E-state index in [0.29, 0.717) is 18.9 Å². The van der Waals surface area contributed by atoms with Gasteiger partial charge in [0.1, 0.15) is 6.04 Å². The van der Waals surface area contributed by atoms with E-state index in [9.17, 15) is 9.59 Å². The second kappa shape index (κ2) is 5.07. The monoisotopic (exact) mass is 241 g/mol. The third-order valence-electron chi connectivity index (χ3n) is 3.30. The minimum atomic E-state index is -0.879. The van der Waals surface area contributed by atoms with Crippen LogP contribution in [0.2, 0.25) is 0 Å². The molecule has 1 atom stereocenters. The van der Waals surface area contributed by atoms with Gasteiger partial charge in [-0.2, -0.15) is 0 Å². The van der Waals surface area contributed by atoms with Crippen LogP contribution in [-0.2, 0) is 9.59 Å². The minimum Gasteiger partial charge on any atom is -0.480 e. The van der Waals surface area contributed by atoms with Crippen molar-refractivity contribution in [2.75, 3.05) is 6.54 Å². The molecule has 98 valence electrons. The highest BCUT2D eigenvalue weighted by molar-refractivity contribution is 5.87. The van der Waals surface area contributed by atoms with E-state index in [0.717, 1.165) is 12.8 Å². The maximum Gasteiger partial charge on any atom is 0.326 e. The third kappa shape index (κ3) is 3.20. The van der Waals surface area contributed by atoms with Crippen LogP contribution < -0.4 is 0 Å². The van der Waals surface area contributed by atoms with Gasteiger partial charge in [0.25, 0.3) is 0 Å². The van der Waals surface area contributed by atoms with Crippen LogP contribution in [-0.4, -0.2) is 34.5 Å². The Balaban J connectivity index is 2.78. The molecule has 0 spiro atoms. The smallest absolute Gasteiger partial charge is 0.326 e. The number of likely N-dealkylation sites (tertiary alicyclic amines) is 1. The third-order valence-corrected chi connectivity index (χ3v) is 3.30. The van der Waals surface area contributed by atoms with Crippen molar-refractivity contribution in [2.45, 2.75) is 53.0 Å². The summed E-state index contributed by atoms with van der Waals surface area (Å²) in [6.07, 6.45) is 2.16. The number of hydrogen-bond acceptors (Lipinski definition) is 2. The summed E-state index contributed by atoms with van der Waals surface area (Å²) in [6, 6.07) is -0.617. The van der Waals surface area contributed by atoms with Crippen LogP contribution in [0.5, 0.6) is 0 Å². The highest BCUT2D eigenvalue weighted by atomic mass is 16.4. The highest BCUT2D eigenvalue weighted by Gasteiger charge is 2.40. The number of amides is 1. The Bertz CT molecular complexity index is 310. The van der Waals surface area contributed by atoms with E-state index < -0.39 is 17.4 Å². The normalized spacial score (nSPS) is 21.0. The topological polar surface area (TPSA) is 57.6 Å². The lowest BCUT2D eigenvalue weighted by atomic mass is 9.82. The van der Waals surface area contributed by atoms with Crippen LogP contribution in [0, 0.1) is 11.3 Å². The molecule has 1 rings (SSSR count). The summed E-state index contributed by atoms with van der Waals surface area (Å²) in [4.78, 5) is 25.0. The lowest BCUT2D eigenvalue weighted by molar-refractivity contribution is -0.152. The first-order chi connectivity index (χ1) is 7.75. The maximum absolute atomic E-state index is 12.4. The van der Waals surface area contributed by atoms with Gasteiger partial charge in [0.05, 0.1) is 0 Å². The standard InChI is InChI=1S/C13H23NO3/c1-9(2)8-13(3,4)12(17)14-7-5-6-10(14)11(15)16/h9-10H,5-8H2,1-4H3,(H,15,16). The van der Waals surface area contributed by atoms with E-state index in [-0.39, 0.29) is 5.91 Å². The van der Waals surface area contributed by atoms with Crippen molar-refractivity contribution in [1.82, 2.24) is 4.90 Å². The van der Waals surface area contributed by atoms with Crippen LogP contribution in [0.4, 0.5) is 0 Å². The molecule has 1 unspecified atom stereocenters. The summed E-state index contributed by atoms with van der Waals surface area (Å²) < 4.78 is 0. The molecule has 1 heterocycles. The molecule has 1 N–H and O–H groups in total. The van der Waals surface area contributed by atoms with Gasteiger partial charge in [0.2, 0.25) is 5.91 Å². The predicted molar refractivity (Wildman–Crippen MR) is 65.6 cm³/mol. The first-order valence-electron chi connectivity index (χ1n) is 6.29. The Hall–Kier alpha value is -1.06. The van der Waals surface area contributed by atoms with Gasteiger partial charge in [-0.15, -0.1) is 0 Å². The Morgan fingerprint density at radius 1 is 1.41 bits per heavy atom. The summed E-state index contributed by atoms with van der Waals surface area (Å²) in [6.45, 7) is 8.55. The van der Waals surface area contributed by atoms with Crippen molar-refractivity contribution in [3.8, 4) is 0 Å². The second-order valence-corrected chi connectivity index (χ2v) is 5.98. The molecule has 1 aliphatic heterocycles. The molecule has 0 aromatic carbocycles. The van der Waals surface area contributed by atoms with Crippen LogP contribution in [0.1, 0.15) is 47.0 Å². The SMILES string of the molecule is CC(C)CC(C)(C)C(=O)N1CCCC1C(=O)O. The van der Waals surface area contributed by atoms with E-state index in [1.807, 2.05) is 13.8 Å². The quantitative estimate of drug-likeness (QED) is 0.820. The largest absolute Gasteiger partial charge is 0.480 e. The number of carbonyl (C=O) groups is 2. The highest BCUT2D eigenvalue weighted by Crippen LogP contribution is 2.31. The van der Waals surface area contributed by atoms with Crippen molar-refractivity contribution in [3.63, 3.8) is 0 Å². The Morgan fingerprint density at radius 2 is 2.00 bits per heavy atom. The summed E-state index contributed by atoms with van der Waals surface area (Å²) in [7, 11) is 0. The zero-order valence-corrected chi connectivity index (χ0v) is 11.2. The van der Waals surface area contributed by atoms with Crippen LogP contribution in [0.25, 0.3) is 0 Å². The van der Waals surface area contributed by atoms with Crippen molar-refractivity contribution < 1.29 is 14.7 Å². The predicted octanol–water partition coefficient (Wildman–Crippen LogP) is 2.13. The molecule has 1 saturated heterocycles. The van der Waals surface area contributed by atoms with Crippen molar-refractivity contribution >= 4 is 11.9 Å². The fourth-order valence-corrected chi connectivity index (χ4v) is 2.76. The molecule has 0 bridgehead atoms. The zero-order valence-electron chi connectivity index (χ0n) is 11.2. The van der Waals surface area contributed by atoms with Crippen LogP contribution in [0.3, 0.4) is 0 Å². The molecule has 1 aliphatic rings. The van der Waals surface area contributed by atoms with Crippen LogP contribution in [0.15, 0.2) is 0 Å². The van der Waals surface area contributed by atoms with Crippen molar-refractivity contribution in [1.29, 1.82) is 0 Å². The number of rotatable bonds is 4. The number of carboxylic acids is 1. The molecule has 4 heteroatoms. The van der Waals surface area contributed by atoms with Crippen LogP contribution >= 0.6 is 0 Å². The summed E-state index contributed by atoms with van der Waals surface area (Å²) in [5.74, 6) is -0.466. The summed E-state index contributed by atoms with van der Waals surface area (Å²) in [5, 5.41) is 9.09. The Labute approximate surface area is 103 Å². The molecule has 0 radical (unpaired) electrons. The zero-order chi connectivity index (χ0) is 13.2. The van der Waals surface area contributed by atoms with Gasteiger partial charge >= 0.3 is 5.97 Å². The fourth-order valence-electron chi connectivity index (χ4n) is 2.76. The molecule has 4 nitrogen and oxygen atoms in total. The van der Waals surface area contributed by atoms with Crippen molar-refractivity contribution in [3.05, 3.63) is 0 Å². The number of carbonyl (C=O) groups excluding carboxylic acids is 1. The first kappa shape index (κ1) is 14.0. The lowest BCUT2D eigenvalue weighted by Crippen LogP contribution is -2.47.